The zero-order valence-corrected chi connectivity index (χ0v) is 11.1. The highest BCUT2D eigenvalue weighted by atomic mass is 79.9. The van der Waals surface area contributed by atoms with Crippen molar-refractivity contribution in [3.05, 3.63) is 64.3 Å². The number of allylic oxidation sites excluding steroid dienone is 3. The smallest absolute Gasteiger partial charge is 0.0481 e. The fourth-order valence-electron chi connectivity index (χ4n) is 1.73. The molecule has 0 aliphatic carbocycles. The van der Waals surface area contributed by atoms with E-state index in [1.807, 2.05) is 7.05 Å². The first-order valence-electron chi connectivity index (χ1n) is 5.17. The van der Waals surface area contributed by atoms with Crippen LogP contribution in [0.15, 0.2) is 58.7 Å². The van der Waals surface area contributed by atoms with E-state index in [9.17, 15) is 0 Å². The Labute approximate surface area is 105 Å². The van der Waals surface area contributed by atoms with E-state index in [-0.39, 0.29) is 0 Å². The summed E-state index contributed by atoms with van der Waals surface area (Å²) in [6.45, 7) is 6.15. The van der Waals surface area contributed by atoms with Gasteiger partial charge in [0.1, 0.15) is 0 Å². The molecule has 1 nitrogen and oxygen atoms in total. The maximum absolute atomic E-state index is 4.08. The summed E-state index contributed by atoms with van der Waals surface area (Å²) in [7, 11) is 2.05. The van der Waals surface area contributed by atoms with Gasteiger partial charge in [0.15, 0.2) is 0 Å². The number of likely N-dealkylation sites (N-methyl/N-ethyl adjacent to an activating group) is 1. The average molecular weight is 276 g/mol. The predicted molar refractivity (Wildman–Crippen MR) is 72.8 cm³/mol. The number of hydrogen-bond donors (Lipinski definition) is 0. The maximum Gasteiger partial charge on any atom is 0.0481 e. The van der Waals surface area contributed by atoms with Crippen LogP contribution in [0, 0.1) is 0 Å². The number of hydrogen-bond acceptors (Lipinski definition) is 1. The zero-order chi connectivity index (χ0) is 11.7. The average Bonchev–Trinajstić information content (AvgIpc) is 2.28. The minimum absolute atomic E-state index is 1.06. The van der Waals surface area contributed by atoms with Gasteiger partial charge in [-0.15, -0.1) is 0 Å². The Balaban J connectivity index is 2.42. The summed E-state index contributed by atoms with van der Waals surface area (Å²) in [5.74, 6) is 0. The molecule has 0 unspecified atom stereocenters. The molecule has 16 heavy (non-hydrogen) atoms. The standard InChI is InChI=1S/C14H14BrN/c1-10-4-9-14(16(3)11(10)2)12-5-7-13(15)8-6-12/h4-9H,2H2,1,3H3. The highest BCUT2D eigenvalue weighted by Crippen LogP contribution is 2.29. The highest BCUT2D eigenvalue weighted by Gasteiger charge is 2.14. The van der Waals surface area contributed by atoms with Crippen LogP contribution in [0.5, 0.6) is 0 Å². The second kappa shape index (κ2) is 4.30. The molecule has 0 radical (unpaired) electrons. The second-order valence-electron chi connectivity index (χ2n) is 3.91. The molecule has 0 saturated heterocycles. The van der Waals surface area contributed by atoms with Crippen molar-refractivity contribution in [2.45, 2.75) is 6.92 Å². The van der Waals surface area contributed by atoms with Gasteiger partial charge in [0, 0.05) is 22.9 Å². The number of halogens is 1. The van der Waals surface area contributed by atoms with Crippen molar-refractivity contribution >= 4 is 21.6 Å². The Kier molecular flexibility index (Phi) is 3.01. The normalized spacial score (nSPS) is 15.9. The van der Waals surface area contributed by atoms with Crippen LogP contribution in [-0.4, -0.2) is 11.9 Å². The summed E-state index contributed by atoms with van der Waals surface area (Å²) in [4.78, 5) is 2.12. The van der Waals surface area contributed by atoms with Crippen LogP contribution in [0.2, 0.25) is 0 Å². The van der Waals surface area contributed by atoms with Gasteiger partial charge in [0.25, 0.3) is 0 Å². The minimum Gasteiger partial charge on any atom is -0.344 e. The number of nitrogens with zero attached hydrogens (tertiary/aromatic N) is 1. The van der Waals surface area contributed by atoms with Gasteiger partial charge in [-0.05, 0) is 36.3 Å². The molecular formula is C14H14BrN. The van der Waals surface area contributed by atoms with E-state index in [0.717, 1.165) is 10.2 Å². The quantitative estimate of drug-likeness (QED) is 0.743. The Morgan fingerprint density at radius 2 is 1.75 bits per heavy atom. The second-order valence-corrected chi connectivity index (χ2v) is 4.83. The first kappa shape index (κ1) is 11.2. The molecule has 1 aromatic carbocycles. The van der Waals surface area contributed by atoms with Gasteiger partial charge >= 0.3 is 0 Å². The molecule has 0 aromatic heterocycles. The molecule has 0 fully saturated rings. The fourth-order valence-corrected chi connectivity index (χ4v) is 2.00. The lowest BCUT2D eigenvalue weighted by Crippen LogP contribution is -2.18. The maximum atomic E-state index is 4.08. The van der Waals surface area contributed by atoms with Crippen molar-refractivity contribution in [2.75, 3.05) is 7.05 Å². The molecule has 0 bridgehead atoms. The van der Waals surface area contributed by atoms with Crippen molar-refractivity contribution in [1.29, 1.82) is 0 Å². The van der Waals surface area contributed by atoms with Crippen LogP contribution in [0.4, 0.5) is 0 Å². The van der Waals surface area contributed by atoms with E-state index < -0.39 is 0 Å². The molecule has 0 saturated carbocycles. The van der Waals surface area contributed by atoms with Gasteiger partial charge in [-0.25, -0.2) is 0 Å². The van der Waals surface area contributed by atoms with Crippen molar-refractivity contribution in [3.8, 4) is 0 Å². The molecule has 1 aliphatic rings. The molecule has 1 aromatic rings. The van der Waals surface area contributed by atoms with Crippen molar-refractivity contribution < 1.29 is 0 Å². The lowest BCUT2D eigenvalue weighted by molar-refractivity contribution is 0.603. The molecule has 1 heterocycles. The summed E-state index contributed by atoms with van der Waals surface area (Å²) >= 11 is 3.44. The zero-order valence-electron chi connectivity index (χ0n) is 9.50. The fraction of sp³-hybridized carbons (Fsp3) is 0.143. The molecular weight excluding hydrogens is 262 g/mol. The van der Waals surface area contributed by atoms with Gasteiger partial charge < -0.3 is 4.90 Å². The summed E-state index contributed by atoms with van der Waals surface area (Å²) in [5, 5.41) is 0. The van der Waals surface area contributed by atoms with E-state index in [0.29, 0.717) is 0 Å². The van der Waals surface area contributed by atoms with Crippen molar-refractivity contribution in [2.24, 2.45) is 0 Å². The molecule has 0 spiro atoms. The summed E-state index contributed by atoms with van der Waals surface area (Å²) < 4.78 is 1.10. The van der Waals surface area contributed by atoms with Crippen LogP contribution in [0.25, 0.3) is 5.70 Å². The monoisotopic (exact) mass is 275 g/mol. The van der Waals surface area contributed by atoms with E-state index in [1.165, 1.54) is 16.8 Å². The van der Waals surface area contributed by atoms with Gasteiger partial charge in [0.05, 0.1) is 0 Å². The molecule has 2 rings (SSSR count). The largest absolute Gasteiger partial charge is 0.344 e. The molecule has 2 heteroatoms. The Morgan fingerprint density at radius 3 is 2.38 bits per heavy atom. The SMILES string of the molecule is C=C1C(C)=CC=C(c2ccc(Br)cc2)N1C. The van der Waals surface area contributed by atoms with Crippen LogP contribution < -0.4 is 0 Å². The van der Waals surface area contributed by atoms with Crippen molar-refractivity contribution in [1.82, 2.24) is 4.90 Å². The first-order chi connectivity index (χ1) is 7.59. The lowest BCUT2D eigenvalue weighted by Gasteiger charge is -2.28. The van der Waals surface area contributed by atoms with Crippen LogP contribution in [0.3, 0.4) is 0 Å². The van der Waals surface area contributed by atoms with E-state index in [4.69, 9.17) is 0 Å². The molecule has 0 atom stereocenters. The highest BCUT2D eigenvalue weighted by molar-refractivity contribution is 9.10. The van der Waals surface area contributed by atoms with Crippen molar-refractivity contribution in [3.63, 3.8) is 0 Å². The van der Waals surface area contributed by atoms with E-state index in [1.54, 1.807) is 0 Å². The number of benzene rings is 1. The molecule has 1 aliphatic heterocycles. The molecule has 82 valence electrons. The third-order valence-electron chi connectivity index (χ3n) is 2.85. The summed E-state index contributed by atoms with van der Waals surface area (Å²) in [6.07, 6.45) is 4.24. The summed E-state index contributed by atoms with van der Waals surface area (Å²) in [5.41, 5.74) is 4.66. The van der Waals surface area contributed by atoms with Crippen LogP contribution in [0.1, 0.15) is 12.5 Å². The lowest BCUT2D eigenvalue weighted by atomic mass is 10.0. The van der Waals surface area contributed by atoms with Crippen LogP contribution in [-0.2, 0) is 0 Å². The summed E-state index contributed by atoms with van der Waals surface area (Å²) in [6, 6.07) is 8.32. The topological polar surface area (TPSA) is 3.24 Å². The molecule has 0 amide bonds. The Bertz CT molecular complexity index is 480. The Morgan fingerprint density at radius 1 is 1.12 bits per heavy atom. The Hall–Kier alpha value is -1.28. The third-order valence-corrected chi connectivity index (χ3v) is 3.38. The van der Waals surface area contributed by atoms with Gasteiger partial charge in [-0.3, -0.25) is 0 Å². The number of rotatable bonds is 1. The van der Waals surface area contributed by atoms with Gasteiger partial charge in [-0.2, -0.15) is 0 Å². The first-order valence-corrected chi connectivity index (χ1v) is 5.96. The van der Waals surface area contributed by atoms with E-state index in [2.05, 4.69) is 70.8 Å². The van der Waals surface area contributed by atoms with Gasteiger partial charge in [0.2, 0.25) is 0 Å². The van der Waals surface area contributed by atoms with Gasteiger partial charge in [-0.1, -0.05) is 40.7 Å². The van der Waals surface area contributed by atoms with E-state index >= 15 is 0 Å². The molecule has 0 N–H and O–H groups in total. The predicted octanol–water partition coefficient (Wildman–Crippen LogP) is 4.20. The minimum atomic E-state index is 1.06. The van der Waals surface area contributed by atoms with Crippen LogP contribution >= 0.6 is 15.9 Å². The third kappa shape index (κ3) is 1.98.